The highest BCUT2D eigenvalue weighted by Crippen LogP contribution is 2.38. The molecule has 1 N–H and O–H groups in total. The van der Waals surface area contributed by atoms with Crippen LogP contribution in [-0.2, 0) is 11.3 Å². The van der Waals surface area contributed by atoms with Crippen molar-refractivity contribution in [3.63, 3.8) is 0 Å². The predicted molar refractivity (Wildman–Crippen MR) is 119 cm³/mol. The molecule has 1 saturated carbocycles. The van der Waals surface area contributed by atoms with Crippen molar-refractivity contribution in [2.45, 2.75) is 44.2 Å². The van der Waals surface area contributed by atoms with E-state index in [1.807, 2.05) is 32.4 Å². The molecule has 0 aliphatic heterocycles. The van der Waals surface area contributed by atoms with Gasteiger partial charge < -0.3 is 10.2 Å². The van der Waals surface area contributed by atoms with Crippen LogP contribution in [0, 0.1) is 12.8 Å². The molecule has 9 heteroatoms. The molecule has 2 heterocycles. The molecule has 0 radical (unpaired) electrons. The van der Waals surface area contributed by atoms with Crippen molar-refractivity contribution < 1.29 is 4.79 Å². The van der Waals surface area contributed by atoms with Crippen LogP contribution in [0.1, 0.15) is 31.2 Å². The molecule has 3 rings (SSSR count). The summed E-state index contributed by atoms with van der Waals surface area (Å²) in [5.74, 6) is 1.51. The molecule has 29 heavy (non-hydrogen) atoms. The number of carbonyl (C=O) groups is 1. The van der Waals surface area contributed by atoms with Crippen molar-refractivity contribution >= 4 is 47.0 Å². The number of pyridine rings is 1. The molecule has 7 nitrogen and oxygen atoms in total. The second-order valence-corrected chi connectivity index (χ2v) is 8.32. The number of nitrogens with zero attached hydrogens (tertiary/aromatic N) is 5. The van der Waals surface area contributed by atoms with Crippen LogP contribution in [0.3, 0.4) is 0 Å². The molecule has 2 aromatic heterocycles. The summed E-state index contributed by atoms with van der Waals surface area (Å²) in [5.41, 5.74) is 2.08. The Kier molecular flexibility index (Phi) is 7.08. The second-order valence-electron chi connectivity index (χ2n) is 7.10. The maximum atomic E-state index is 11.6. The van der Waals surface area contributed by atoms with E-state index in [9.17, 15) is 4.79 Å². The number of aliphatic imine (C=N–C) groups is 1. The summed E-state index contributed by atoms with van der Waals surface area (Å²) in [6, 6.07) is 4.21. The Morgan fingerprint density at radius 3 is 2.79 bits per heavy atom. The van der Waals surface area contributed by atoms with Crippen molar-refractivity contribution in [3.8, 4) is 0 Å². The summed E-state index contributed by atoms with van der Waals surface area (Å²) in [6.45, 7) is 4.30. The van der Waals surface area contributed by atoms with E-state index in [1.54, 1.807) is 18.0 Å². The fourth-order valence-electron chi connectivity index (χ4n) is 3.04. The summed E-state index contributed by atoms with van der Waals surface area (Å²) in [5, 5.41) is 3.29. The smallest absolute Gasteiger partial charge is 0.224 e. The highest BCUT2D eigenvalue weighted by molar-refractivity contribution is 7.98. The molecule has 0 amide bonds. The summed E-state index contributed by atoms with van der Waals surface area (Å²) < 4.78 is 0. The van der Waals surface area contributed by atoms with Gasteiger partial charge in [0.1, 0.15) is 5.69 Å². The van der Waals surface area contributed by atoms with Gasteiger partial charge in [0.25, 0.3) is 0 Å². The summed E-state index contributed by atoms with van der Waals surface area (Å²) in [7, 11) is 1.99. The normalized spacial score (nSPS) is 15.1. The van der Waals surface area contributed by atoms with Gasteiger partial charge in [-0.1, -0.05) is 0 Å². The SMILES string of the molecule is CSc1ccc(CN=C(C=O)Nc2c(C)nc(Cl)nc2N(C)C(C)C2CC2)nc1. The summed E-state index contributed by atoms with van der Waals surface area (Å²) in [4.78, 5) is 32.2. The molecule has 1 aliphatic rings. The van der Waals surface area contributed by atoms with Gasteiger partial charge in [-0.15, -0.1) is 11.8 Å². The van der Waals surface area contributed by atoms with Crippen LogP contribution in [0.2, 0.25) is 5.28 Å². The number of anilines is 2. The Hall–Kier alpha value is -2.19. The van der Waals surface area contributed by atoms with Crippen LogP contribution in [0.5, 0.6) is 0 Å². The molecule has 1 atom stereocenters. The number of halogens is 1. The van der Waals surface area contributed by atoms with Crippen molar-refractivity contribution in [2.24, 2.45) is 10.9 Å². The maximum Gasteiger partial charge on any atom is 0.224 e. The molecule has 1 unspecified atom stereocenters. The number of aromatic nitrogens is 3. The first-order valence-corrected chi connectivity index (χ1v) is 11.1. The number of carbonyl (C=O) groups excluding carboxylic acids is 1. The number of hydrogen-bond acceptors (Lipinski definition) is 7. The first-order chi connectivity index (χ1) is 13.9. The number of rotatable bonds is 8. The summed E-state index contributed by atoms with van der Waals surface area (Å²) in [6.07, 6.45) is 6.93. The highest BCUT2D eigenvalue weighted by Gasteiger charge is 2.32. The van der Waals surface area contributed by atoms with Crippen LogP contribution in [0.15, 0.2) is 28.2 Å². The lowest BCUT2D eigenvalue weighted by atomic mass is 10.2. The van der Waals surface area contributed by atoms with E-state index >= 15 is 0 Å². The second kappa shape index (κ2) is 9.54. The van der Waals surface area contributed by atoms with Crippen LogP contribution < -0.4 is 10.2 Å². The zero-order chi connectivity index (χ0) is 21.0. The lowest BCUT2D eigenvalue weighted by Crippen LogP contribution is -2.33. The molecular weight excluding hydrogens is 408 g/mol. The molecule has 0 saturated heterocycles. The Bertz CT molecular complexity index is 901. The van der Waals surface area contributed by atoms with E-state index in [0.717, 1.165) is 10.6 Å². The van der Waals surface area contributed by atoms with Crippen molar-refractivity contribution in [1.82, 2.24) is 15.0 Å². The molecule has 1 fully saturated rings. The lowest BCUT2D eigenvalue weighted by molar-refractivity contribution is -0.102. The fraction of sp³-hybridized carbons (Fsp3) is 0.450. The number of aldehydes is 1. The first kappa shape index (κ1) is 21.5. The fourth-order valence-corrected chi connectivity index (χ4v) is 3.61. The highest BCUT2D eigenvalue weighted by atomic mass is 35.5. The average molecular weight is 433 g/mol. The van der Waals surface area contributed by atoms with E-state index in [-0.39, 0.29) is 11.1 Å². The molecule has 154 valence electrons. The Labute approximate surface area is 180 Å². The van der Waals surface area contributed by atoms with Crippen LogP contribution in [0.4, 0.5) is 11.5 Å². The van der Waals surface area contributed by atoms with E-state index in [1.165, 1.54) is 12.8 Å². The first-order valence-electron chi connectivity index (χ1n) is 9.45. The van der Waals surface area contributed by atoms with Gasteiger partial charge in [-0.05, 0) is 62.6 Å². The van der Waals surface area contributed by atoms with Crippen LogP contribution in [-0.4, -0.2) is 46.4 Å². The van der Waals surface area contributed by atoms with E-state index in [4.69, 9.17) is 11.6 Å². The van der Waals surface area contributed by atoms with Gasteiger partial charge in [0.2, 0.25) is 5.28 Å². The van der Waals surface area contributed by atoms with E-state index in [2.05, 4.69) is 37.1 Å². The summed E-state index contributed by atoms with van der Waals surface area (Å²) >= 11 is 7.74. The van der Waals surface area contributed by atoms with Gasteiger partial charge in [0.15, 0.2) is 17.9 Å². The molecule has 0 bridgehead atoms. The number of hydrogen-bond donors (Lipinski definition) is 1. The Morgan fingerprint density at radius 2 is 2.21 bits per heavy atom. The Balaban J connectivity index is 1.83. The number of thioether (sulfide) groups is 1. The monoisotopic (exact) mass is 432 g/mol. The zero-order valence-corrected chi connectivity index (χ0v) is 18.6. The van der Waals surface area contributed by atoms with E-state index in [0.29, 0.717) is 42.0 Å². The quantitative estimate of drug-likeness (QED) is 0.222. The van der Waals surface area contributed by atoms with Gasteiger partial charge >= 0.3 is 0 Å². The van der Waals surface area contributed by atoms with Gasteiger partial charge in [-0.2, -0.15) is 4.98 Å². The zero-order valence-electron chi connectivity index (χ0n) is 17.0. The largest absolute Gasteiger partial charge is 0.355 e. The maximum absolute atomic E-state index is 11.6. The third-order valence-electron chi connectivity index (χ3n) is 5.10. The molecular formula is C20H25ClN6OS. The minimum atomic E-state index is 0.181. The van der Waals surface area contributed by atoms with Crippen LogP contribution >= 0.6 is 23.4 Å². The minimum Gasteiger partial charge on any atom is -0.355 e. The topological polar surface area (TPSA) is 83.4 Å². The molecule has 0 spiro atoms. The van der Waals surface area contributed by atoms with Gasteiger partial charge in [0.05, 0.1) is 17.9 Å². The van der Waals surface area contributed by atoms with E-state index < -0.39 is 0 Å². The van der Waals surface area contributed by atoms with Gasteiger partial charge in [-0.25, -0.2) is 4.98 Å². The van der Waals surface area contributed by atoms with Gasteiger partial charge in [-0.3, -0.25) is 14.8 Å². The number of amidine groups is 1. The predicted octanol–water partition coefficient (Wildman–Crippen LogP) is 4.00. The third-order valence-corrected chi connectivity index (χ3v) is 5.98. The molecule has 1 aliphatic carbocycles. The van der Waals surface area contributed by atoms with Crippen molar-refractivity contribution in [1.29, 1.82) is 0 Å². The van der Waals surface area contributed by atoms with Crippen molar-refractivity contribution in [2.75, 3.05) is 23.5 Å². The van der Waals surface area contributed by atoms with Crippen molar-refractivity contribution in [3.05, 3.63) is 35.0 Å². The number of aryl methyl sites for hydroxylation is 1. The minimum absolute atomic E-state index is 0.181. The van der Waals surface area contributed by atoms with Gasteiger partial charge in [0, 0.05) is 24.2 Å². The number of nitrogens with one attached hydrogen (secondary N) is 1. The van der Waals surface area contributed by atoms with Crippen LogP contribution in [0.25, 0.3) is 0 Å². The standard InChI is InChI=1S/C20H25ClN6OS/c1-12-18(19(26-20(21)24-12)27(3)13(2)14-5-6-14)25-17(11-28)23-9-15-7-8-16(29-4)10-22-15/h7-8,10-11,13-14H,5-6,9H2,1-4H3,(H,23,25). The average Bonchev–Trinajstić information content (AvgIpc) is 3.56. The molecule has 2 aromatic rings. The molecule has 0 aromatic carbocycles. The third kappa shape index (κ3) is 5.45. The Morgan fingerprint density at radius 1 is 1.45 bits per heavy atom. The lowest BCUT2D eigenvalue weighted by Gasteiger charge is -2.28.